The molecule has 9 heteroatoms. The van der Waals surface area contributed by atoms with Crippen molar-refractivity contribution >= 4 is 11.6 Å². The summed E-state index contributed by atoms with van der Waals surface area (Å²) >= 11 is 0. The number of halogens is 1. The van der Waals surface area contributed by atoms with Gasteiger partial charge in [0.1, 0.15) is 17.6 Å². The molecule has 1 amide bonds. The molecule has 8 nitrogen and oxygen atoms in total. The lowest BCUT2D eigenvalue weighted by Crippen LogP contribution is -3.09. The molecule has 3 aliphatic heterocycles. The molecule has 37 heavy (non-hydrogen) atoms. The third-order valence-corrected chi connectivity index (χ3v) is 7.44. The zero-order chi connectivity index (χ0) is 25.9. The minimum Gasteiger partial charge on any atom is -0.628 e. The van der Waals surface area contributed by atoms with E-state index in [4.69, 9.17) is 4.74 Å². The molecule has 3 atom stereocenters. The van der Waals surface area contributed by atoms with Crippen molar-refractivity contribution < 1.29 is 19.0 Å². The molecule has 0 bridgehead atoms. The fourth-order valence-corrected chi connectivity index (χ4v) is 5.30. The minimum absolute atomic E-state index is 0.0206. The molecule has 1 fully saturated rings. The Morgan fingerprint density at radius 1 is 1.14 bits per heavy atom. The molecular weight excluding hydrogens is 473 g/mol. The van der Waals surface area contributed by atoms with Gasteiger partial charge in [-0.05, 0) is 36.2 Å². The Labute approximate surface area is 216 Å². The van der Waals surface area contributed by atoms with Gasteiger partial charge in [-0.25, -0.2) is 4.39 Å². The highest BCUT2D eigenvalue weighted by molar-refractivity contribution is 5.73. The van der Waals surface area contributed by atoms with Crippen LogP contribution in [0, 0.1) is 17.9 Å². The zero-order valence-electron chi connectivity index (χ0n) is 21.3. The first-order chi connectivity index (χ1) is 17.9. The van der Waals surface area contributed by atoms with Gasteiger partial charge in [0.25, 0.3) is 0 Å². The lowest BCUT2D eigenvalue weighted by atomic mass is 9.95. The van der Waals surface area contributed by atoms with E-state index in [1.54, 1.807) is 19.1 Å². The smallest absolute Gasteiger partial charge is 0.219 e. The van der Waals surface area contributed by atoms with E-state index in [0.29, 0.717) is 57.4 Å². The van der Waals surface area contributed by atoms with E-state index in [-0.39, 0.29) is 16.8 Å². The van der Waals surface area contributed by atoms with Gasteiger partial charge < -0.3 is 25.2 Å². The van der Waals surface area contributed by atoms with E-state index in [2.05, 4.69) is 15.5 Å². The number of nitrogens with zero attached hydrogens (tertiary/aromatic N) is 2. The molecule has 3 heterocycles. The number of carbonyl (C=O) groups excluding carboxylic acids is 1. The van der Waals surface area contributed by atoms with Gasteiger partial charge in [0.15, 0.2) is 12.1 Å². The van der Waals surface area contributed by atoms with E-state index in [1.807, 2.05) is 42.2 Å². The van der Waals surface area contributed by atoms with E-state index in [1.165, 1.54) is 12.1 Å². The molecular formula is C28H34FN5O3. The number of hydrogen-bond donors (Lipinski definition) is 3. The highest BCUT2D eigenvalue weighted by atomic mass is 19.1. The third-order valence-electron chi connectivity index (χ3n) is 7.44. The number of amides is 1. The standard InChI is InChI=1S/C28H34FN5O3/c1-19-5-3-4-6-23(19)26-16-27(33-13-11-32(12-14-33)20(2)35)37-28-24(17-30-18-31-28)25(34(26)36)15-21-7-9-22(29)10-8-21/h3-10,16,25,27,30-31,34H,11-15,17-18H2,1-2H3/b26-16-. The maximum atomic E-state index is 14.4. The number of carbonyl (C=O) groups is 1. The molecule has 3 N–H and O–H groups in total. The highest BCUT2D eigenvalue weighted by Gasteiger charge is 2.36. The van der Waals surface area contributed by atoms with Crippen molar-refractivity contribution in [3.63, 3.8) is 0 Å². The number of nitrogens with one attached hydrogen (secondary N) is 3. The second kappa shape index (κ2) is 11.0. The highest BCUT2D eigenvalue weighted by Crippen LogP contribution is 2.25. The van der Waals surface area contributed by atoms with Gasteiger partial charge in [-0.15, -0.1) is 0 Å². The Hall–Kier alpha value is -3.24. The monoisotopic (exact) mass is 507 g/mol. The molecule has 3 unspecified atom stereocenters. The fraction of sp³-hybridized carbons (Fsp3) is 0.393. The van der Waals surface area contributed by atoms with Crippen LogP contribution in [0.4, 0.5) is 4.39 Å². The van der Waals surface area contributed by atoms with Gasteiger partial charge in [0, 0.05) is 57.7 Å². The van der Waals surface area contributed by atoms with Crippen molar-refractivity contribution in [2.45, 2.75) is 32.5 Å². The molecule has 2 aromatic carbocycles. The maximum absolute atomic E-state index is 14.4. The number of hydrogen-bond acceptors (Lipinski definition) is 6. The molecule has 0 aromatic heterocycles. The van der Waals surface area contributed by atoms with Crippen LogP contribution in [0.15, 0.2) is 66.1 Å². The Bertz CT molecular complexity index is 1190. The fourth-order valence-electron chi connectivity index (χ4n) is 5.30. The summed E-state index contributed by atoms with van der Waals surface area (Å²) in [5.74, 6) is 0.390. The van der Waals surface area contributed by atoms with Crippen LogP contribution in [-0.2, 0) is 16.0 Å². The topological polar surface area (TPSA) is 84.3 Å². The summed E-state index contributed by atoms with van der Waals surface area (Å²) in [5, 5.41) is 21.0. The normalized spacial score (nSPS) is 26.2. The van der Waals surface area contributed by atoms with Gasteiger partial charge in [-0.1, -0.05) is 30.3 Å². The van der Waals surface area contributed by atoms with Crippen LogP contribution in [0.2, 0.25) is 0 Å². The largest absolute Gasteiger partial charge is 0.628 e. The number of piperazine rings is 1. The van der Waals surface area contributed by atoms with E-state index >= 15 is 0 Å². The molecule has 1 saturated heterocycles. The summed E-state index contributed by atoms with van der Waals surface area (Å²) in [5.41, 5.74) is 4.28. The predicted molar refractivity (Wildman–Crippen MR) is 139 cm³/mol. The van der Waals surface area contributed by atoms with Crippen molar-refractivity contribution in [1.29, 1.82) is 0 Å². The molecule has 196 valence electrons. The van der Waals surface area contributed by atoms with Crippen molar-refractivity contribution in [2.75, 3.05) is 39.4 Å². The molecule has 0 spiro atoms. The number of ether oxygens (including phenoxy) is 1. The molecule has 2 aromatic rings. The summed E-state index contributed by atoms with van der Waals surface area (Å²) in [7, 11) is 0. The van der Waals surface area contributed by atoms with E-state index in [0.717, 1.165) is 22.3 Å². The summed E-state index contributed by atoms with van der Waals surface area (Å²) in [4.78, 5) is 15.9. The molecule has 0 aliphatic carbocycles. The van der Waals surface area contributed by atoms with Crippen LogP contribution in [0.5, 0.6) is 0 Å². The van der Waals surface area contributed by atoms with Crippen LogP contribution < -0.4 is 15.7 Å². The Kier molecular flexibility index (Phi) is 7.57. The maximum Gasteiger partial charge on any atom is 0.219 e. The number of aryl methyl sites for hydroxylation is 1. The van der Waals surface area contributed by atoms with Crippen LogP contribution in [-0.4, -0.2) is 67.4 Å². The lowest BCUT2D eigenvalue weighted by Gasteiger charge is -2.43. The summed E-state index contributed by atoms with van der Waals surface area (Å²) in [6.45, 7) is 7.18. The first-order valence-electron chi connectivity index (χ1n) is 12.8. The van der Waals surface area contributed by atoms with Crippen LogP contribution >= 0.6 is 0 Å². The SMILES string of the molecule is CC(=O)N1CCN(C2/C=C(/c3ccccc3C)[NH+]([O-])C(Cc3ccc(F)cc3)C3=C(NCNC3)O2)CC1. The third kappa shape index (κ3) is 5.55. The van der Waals surface area contributed by atoms with Crippen LogP contribution in [0.1, 0.15) is 23.6 Å². The Balaban J connectivity index is 1.55. The van der Waals surface area contributed by atoms with Crippen LogP contribution in [0.3, 0.4) is 0 Å². The summed E-state index contributed by atoms with van der Waals surface area (Å²) < 4.78 is 20.2. The predicted octanol–water partition coefficient (Wildman–Crippen LogP) is 1.35. The van der Waals surface area contributed by atoms with Crippen molar-refractivity contribution in [2.24, 2.45) is 0 Å². The molecule has 5 rings (SSSR count). The number of rotatable bonds is 4. The van der Waals surface area contributed by atoms with Crippen molar-refractivity contribution in [3.8, 4) is 0 Å². The number of quaternary nitrogens is 1. The second-order valence-electron chi connectivity index (χ2n) is 9.83. The van der Waals surface area contributed by atoms with Crippen molar-refractivity contribution in [1.82, 2.24) is 20.4 Å². The van der Waals surface area contributed by atoms with Gasteiger partial charge in [0.05, 0.1) is 12.2 Å². The molecule has 0 radical (unpaired) electrons. The lowest BCUT2D eigenvalue weighted by molar-refractivity contribution is -0.793. The molecule has 0 saturated carbocycles. The number of hydroxylamine groups is 2. The number of benzene rings is 2. The van der Waals surface area contributed by atoms with Crippen LogP contribution in [0.25, 0.3) is 5.70 Å². The average molecular weight is 508 g/mol. The van der Waals surface area contributed by atoms with Gasteiger partial charge in [0.2, 0.25) is 5.91 Å². The average Bonchev–Trinajstić information content (AvgIpc) is 2.90. The van der Waals surface area contributed by atoms with Gasteiger partial charge >= 0.3 is 0 Å². The van der Waals surface area contributed by atoms with Crippen molar-refractivity contribution in [3.05, 3.63) is 93.8 Å². The first-order valence-corrected chi connectivity index (χ1v) is 12.8. The Morgan fingerprint density at radius 3 is 2.57 bits per heavy atom. The summed E-state index contributed by atoms with van der Waals surface area (Å²) in [6.07, 6.45) is 1.92. The minimum atomic E-state index is -0.470. The van der Waals surface area contributed by atoms with E-state index < -0.39 is 12.3 Å². The second-order valence-corrected chi connectivity index (χ2v) is 9.83. The quantitative estimate of drug-likeness (QED) is 0.542. The van der Waals surface area contributed by atoms with Gasteiger partial charge in [-0.3, -0.25) is 15.0 Å². The Morgan fingerprint density at radius 2 is 1.86 bits per heavy atom. The molecule has 3 aliphatic rings. The van der Waals surface area contributed by atoms with Gasteiger partial charge in [-0.2, -0.15) is 0 Å². The first kappa shape index (κ1) is 25.4. The van der Waals surface area contributed by atoms with E-state index in [9.17, 15) is 14.4 Å². The summed E-state index contributed by atoms with van der Waals surface area (Å²) in [6, 6.07) is 13.8. The zero-order valence-corrected chi connectivity index (χ0v) is 21.3.